The van der Waals surface area contributed by atoms with Gasteiger partial charge in [0.2, 0.25) is 5.88 Å². The molecule has 0 bridgehead atoms. The molecule has 2 fully saturated rings. The van der Waals surface area contributed by atoms with Crippen LogP contribution >= 0.6 is 0 Å². The van der Waals surface area contributed by atoms with Crippen LogP contribution in [0.2, 0.25) is 0 Å². The molecule has 24 heavy (non-hydrogen) atoms. The third kappa shape index (κ3) is 4.62. The first-order valence-corrected chi connectivity index (χ1v) is 9.25. The number of nitrogens with one attached hydrogen (secondary N) is 2. The first kappa shape index (κ1) is 17.1. The average Bonchev–Trinajstić information content (AvgIpc) is 3.40. The maximum atomic E-state index is 5.75. The Morgan fingerprint density at radius 2 is 2.21 bits per heavy atom. The maximum absolute atomic E-state index is 5.75. The largest absolute Gasteiger partial charge is 0.477 e. The second-order valence-corrected chi connectivity index (χ2v) is 7.24. The Kier molecular flexibility index (Phi) is 5.59. The second kappa shape index (κ2) is 7.86. The van der Waals surface area contributed by atoms with Crippen molar-refractivity contribution in [3.63, 3.8) is 0 Å². The van der Waals surface area contributed by atoms with E-state index >= 15 is 0 Å². The molecule has 2 aliphatic carbocycles. The zero-order valence-electron chi connectivity index (χ0n) is 15.0. The van der Waals surface area contributed by atoms with Crippen LogP contribution in [0.25, 0.3) is 0 Å². The predicted molar refractivity (Wildman–Crippen MR) is 97.2 cm³/mol. The van der Waals surface area contributed by atoms with E-state index in [1.807, 2.05) is 25.4 Å². The highest BCUT2D eigenvalue weighted by Gasteiger charge is 2.34. The number of hydrogen-bond acceptors (Lipinski definition) is 3. The number of ether oxygens (including phenoxy) is 1. The Balaban J connectivity index is 1.45. The lowest BCUT2D eigenvalue weighted by atomic mass is 9.67. The summed E-state index contributed by atoms with van der Waals surface area (Å²) >= 11 is 0. The van der Waals surface area contributed by atoms with Gasteiger partial charge in [-0.2, -0.15) is 0 Å². The van der Waals surface area contributed by atoms with Gasteiger partial charge in [0.25, 0.3) is 0 Å². The van der Waals surface area contributed by atoms with Gasteiger partial charge in [-0.15, -0.1) is 0 Å². The fourth-order valence-corrected chi connectivity index (χ4v) is 3.14. The van der Waals surface area contributed by atoms with Gasteiger partial charge in [0, 0.05) is 32.4 Å². The van der Waals surface area contributed by atoms with E-state index in [0.717, 1.165) is 43.0 Å². The van der Waals surface area contributed by atoms with Crippen LogP contribution < -0.4 is 15.4 Å². The van der Waals surface area contributed by atoms with Crippen LogP contribution in [-0.2, 0) is 6.54 Å². The van der Waals surface area contributed by atoms with Crippen molar-refractivity contribution < 1.29 is 4.74 Å². The van der Waals surface area contributed by atoms with Gasteiger partial charge in [0.1, 0.15) is 0 Å². The lowest BCUT2D eigenvalue weighted by Gasteiger charge is -2.41. The molecule has 0 saturated heterocycles. The molecule has 0 aromatic carbocycles. The Labute approximate surface area is 145 Å². The summed E-state index contributed by atoms with van der Waals surface area (Å²) in [5.74, 6) is 2.34. The average molecular weight is 330 g/mol. The van der Waals surface area contributed by atoms with E-state index in [-0.39, 0.29) is 0 Å². The molecule has 0 spiro atoms. The summed E-state index contributed by atoms with van der Waals surface area (Å²) in [7, 11) is 1.82. The minimum Gasteiger partial charge on any atom is -0.477 e. The van der Waals surface area contributed by atoms with Crippen molar-refractivity contribution in [3.05, 3.63) is 23.9 Å². The van der Waals surface area contributed by atoms with Gasteiger partial charge in [-0.3, -0.25) is 4.99 Å². The zero-order chi connectivity index (χ0) is 16.8. The molecule has 2 N–H and O–H groups in total. The van der Waals surface area contributed by atoms with Crippen molar-refractivity contribution in [2.75, 3.05) is 20.2 Å². The Hall–Kier alpha value is -1.78. The van der Waals surface area contributed by atoms with Gasteiger partial charge in [-0.05, 0) is 55.1 Å². The van der Waals surface area contributed by atoms with E-state index in [0.29, 0.717) is 5.41 Å². The van der Waals surface area contributed by atoms with Crippen LogP contribution in [0, 0.1) is 11.3 Å². The van der Waals surface area contributed by atoms with E-state index < -0.39 is 0 Å². The smallest absolute Gasteiger partial charge is 0.213 e. The first-order chi connectivity index (χ1) is 11.7. The van der Waals surface area contributed by atoms with Crippen molar-refractivity contribution in [3.8, 4) is 5.88 Å². The van der Waals surface area contributed by atoms with Crippen LogP contribution in [-0.4, -0.2) is 31.1 Å². The molecule has 5 heteroatoms. The van der Waals surface area contributed by atoms with Gasteiger partial charge in [0.05, 0.1) is 6.61 Å². The standard InChI is InChI=1S/C19H30N4O/c1-3-19(8-4-9-19)14-23-18(20-2)22-12-16-7-10-21-17(11-16)24-13-15-5-6-15/h7,10-11,15H,3-6,8-9,12-14H2,1-2H3,(H2,20,22,23). The molecule has 0 atom stereocenters. The first-order valence-electron chi connectivity index (χ1n) is 9.25. The highest BCUT2D eigenvalue weighted by Crippen LogP contribution is 2.42. The van der Waals surface area contributed by atoms with Gasteiger partial charge < -0.3 is 15.4 Å². The van der Waals surface area contributed by atoms with E-state index in [2.05, 4.69) is 27.5 Å². The van der Waals surface area contributed by atoms with Crippen molar-refractivity contribution >= 4 is 5.96 Å². The quantitative estimate of drug-likeness (QED) is 0.568. The molecule has 1 aromatic heterocycles. The monoisotopic (exact) mass is 330 g/mol. The summed E-state index contributed by atoms with van der Waals surface area (Å²) in [5, 5.41) is 6.88. The molecule has 0 radical (unpaired) electrons. The molecule has 5 nitrogen and oxygen atoms in total. The Morgan fingerprint density at radius 1 is 1.38 bits per heavy atom. The fraction of sp³-hybridized carbons (Fsp3) is 0.684. The van der Waals surface area contributed by atoms with Gasteiger partial charge in [0.15, 0.2) is 5.96 Å². The summed E-state index contributed by atoms with van der Waals surface area (Å²) in [5.41, 5.74) is 1.64. The van der Waals surface area contributed by atoms with E-state index in [1.165, 1.54) is 38.5 Å². The summed E-state index contributed by atoms with van der Waals surface area (Å²) in [6, 6.07) is 4.03. The van der Waals surface area contributed by atoms with E-state index in [9.17, 15) is 0 Å². The minimum atomic E-state index is 0.484. The highest BCUT2D eigenvalue weighted by molar-refractivity contribution is 5.79. The third-order valence-corrected chi connectivity index (χ3v) is 5.44. The molecule has 3 rings (SSSR count). The van der Waals surface area contributed by atoms with Crippen LogP contribution in [0.1, 0.15) is 51.0 Å². The maximum Gasteiger partial charge on any atom is 0.213 e. The van der Waals surface area contributed by atoms with Crippen molar-refractivity contribution in [1.29, 1.82) is 0 Å². The van der Waals surface area contributed by atoms with Crippen LogP contribution in [0.4, 0.5) is 0 Å². The molecule has 132 valence electrons. The second-order valence-electron chi connectivity index (χ2n) is 7.24. The number of aliphatic imine (C=N–C) groups is 1. The number of hydrogen-bond donors (Lipinski definition) is 2. The Morgan fingerprint density at radius 3 is 2.83 bits per heavy atom. The molecule has 0 unspecified atom stereocenters. The fourth-order valence-electron chi connectivity index (χ4n) is 3.14. The van der Waals surface area contributed by atoms with Gasteiger partial charge in [-0.1, -0.05) is 13.3 Å². The lowest BCUT2D eigenvalue weighted by Crippen LogP contribution is -2.46. The van der Waals surface area contributed by atoms with Crippen molar-refractivity contribution in [1.82, 2.24) is 15.6 Å². The SMILES string of the molecule is CCC1(CNC(=NC)NCc2ccnc(OCC3CC3)c2)CCC1. The Bertz CT molecular complexity index is 559. The highest BCUT2D eigenvalue weighted by atomic mass is 16.5. The molecular weight excluding hydrogens is 300 g/mol. The lowest BCUT2D eigenvalue weighted by molar-refractivity contribution is 0.131. The van der Waals surface area contributed by atoms with Crippen LogP contribution in [0.3, 0.4) is 0 Å². The summed E-state index contributed by atoms with van der Waals surface area (Å²) < 4.78 is 5.75. The third-order valence-electron chi connectivity index (χ3n) is 5.44. The molecule has 0 aliphatic heterocycles. The number of guanidine groups is 1. The number of aromatic nitrogens is 1. The van der Waals surface area contributed by atoms with Gasteiger partial charge in [-0.25, -0.2) is 4.98 Å². The summed E-state index contributed by atoms with van der Waals surface area (Å²) in [6.45, 7) is 4.82. The molecule has 1 heterocycles. The predicted octanol–water partition coefficient (Wildman–Crippen LogP) is 3.12. The van der Waals surface area contributed by atoms with E-state index in [1.54, 1.807) is 0 Å². The normalized spacial score (nSPS) is 19.5. The van der Waals surface area contributed by atoms with Gasteiger partial charge >= 0.3 is 0 Å². The number of rotatable bonds is 8. The van der Waals surface area contributed by atoms with Crippen LogP contribution in [0.5, 0.6) is 5.88 Å². The summed E-state index contributed by atoms with van der Waals surface area (Å²) in [4.78, 5) is 8.63. The molecule has 2 saturated carbocycles. The minimum absolute atomic E-state index is 0.484. The summed E-state index contributed by atoms with van der Waals surface area (Å²) in [6.07, 6.45) is 9.67. The molecule has 1 aromatic rings. The molecule has 0 amide bonds. The van der Waals surface area contributed by atoms with E-state index in [4.69, 9.17) is 4.74 Å². The number of pyridine rings is 1. The number of nitrogens with zero attached hydrogens (tertiary/aromatic N) is 2. The van der Waals surface area contributed by atoms with Crippen molar-refractivity contribution in [2.24, 2.45) is 16.3 Å². The molecular formula is C19H30N4O. The van der Waals surface area contributed by atoms with Crippen LogP contribution in [0.15, 0.2) is 23.3 Å². The molecule has 2 aliphatic rings. The van der Waals surface area contributed by atoms with Crippen molar-refractivity contribution in [2.45, 2.75) is 52.0 Å². The zero-order valence-corrected chi connectivity index (χ0v) is 15.0. The topological polar surface area (TPSA) is 58.5 Å².